The van der Waals surface area contributed by atoms with Gasteiger partial charge in [-0.05, 0) is 25.1 Å². The first-order valence-corrected chi connectivity index (χ1v) is 8.68. The molecule has 0 fully saturated rings. The third-order valence-electron chi connectivity index (χ3n) is 3.18. The number of aryl methyl sites for hydroxylation is 1. The highest BCUT2D eigenvalue weighted by atomic mass is 32.2. The summed E-state index contributed by atoms with van der Waals surface area (Å²) in [7, 11) is -0.846. The van der Waals surface area contributed by atoms with Crippen LogP contribution in [0.4, 0.5) is 5.82 Å². The number of hydrogen-bond acceptors (Lipinski definition) is 6. The fourth-order valence-corrected chi connectivity index (χ4v) is 2.83. The molecule has 1 aromatic heterocycles. The molecule has 25 heavy (non-hydrogen) atoms. The van der Waals surface area contributed by atoms with Crippen molar-refractivity contribution in [2.24, 2.45) is 0 Å². The molecule has 2 aromatic rings. The second-order valence-electron chi connectivity index (χ2n) is 5.37. The first-order chi connectivity index (χ1) is 11.7. The Bertz CT molecular complexity index is 889. The Labute approximate surface area is 145 Å². The van der Waals surface area contributed by atoms with Crippen LogP contribution < -0.4 is 10.6 Å². The predicted molar refractivity (Wildman–Crippen MR) is 89.5 cm³/mol. The molecule has 2 N–H and O–H groups in total. The number of rotatable bonds is 6. The molecule has 9 nitrogen and oxygen atoms in total. The van der Waals surface area contributed by atoms with Gasteiger partial charge in [0, 0.05) is 25.7 Å². The predicted octanol–water partition coefficient (Wildman–Crippen LogP) is 0.602. The highest BCUT2D eigenvalue weighted by molar-refractivity contribution is 7.89. The van der Waals surface area contributed by atoms with Crippen LogP contribution in [0, 0.1) is 6.92 Å². The number of sulfonamides is 1. The topological polar surface area (TPSA) is 122 Å². The third kappa shape index (κ3) is 4.64. The first kappa shape index (κ1) is 18.6. The number of aromatic nitrogens is 1. The lowest BCUT2D eigenvalue weighted by molar-refractivity contribution is -0.115. The van der Waals surface area contributed by atoms with E-state index in [0.29, 0.717) is 5.76 Å². The number of anilines is 1. The third-order valence-corrected chi connectivity index (χ3v) is 4.99. The fraction of sp³-hybridized carbons (Fsp3) is 0.267. The van der Waals surface area contributed by atoms with Crippen LogP contribution in [0.3, 0.4) is 0 Å². The van der Waals surface area contributed by atoms with Gasteiger partial charge in [-0.2, -0.15) is 0 Å². The van der Waals surface area contributed by atoms with E-state index < -0.39 is 21.8 Å². The summed E-state index contributed by atoms with van der Waals surface area (Å²) < 4.78 is 30.0. The van der Waals surface area contributed by atoms with E-state index in [2.05, 4.69) is 15.8 Å². The van der Waals surface area contributed by atoms with Crippen LogP contribution in [0.2, 0.25) is 0 Å². The summed E-state index contributed by atoms with van der Waals surface area (Å²) in [5, 5.41) is 8.48. The van der Waals surface area contributed by atoms with Gasteiger partial charge >= 0.3 is 0 Å². The van der Waals surface area contributed by atoms with Gasteiger partial charge < -0.3 is 15.2 Å². The summed E-state index contributed by atoms with van der Waals surface area (Å²) in [6.07, 6.45) is 0. The van der Waals surface area contributed by atoms with Gasteiger partial charge in [0.15, 0.2) is 5.82 Å². The van der Waals surface area contributed by atoms with Crippen molar-refractivity contribution in [1.29, 1.82) is 0 Å². The standard InChI is InChI=1S/C15H18N4O5S/c1-10-7-13(18-24-10)17-14(20)9-16-15(21)11-5-4-6-12(8-11)25(22,23)19(2)3/h4-8H,9H2,1-3H3,(H,16,21)(H,17,18,20). The average molecular weight is 366 g/mol. The number of benzene rings is 1. The van der Waals surface area contributed by atoms with Crippen molar-refractivity contribution in [2.75, 3.05) is 26.0 Å². The largest absolute Gasteiger partial charge is 0.360 e. The SMILES string of the molecule is Cc1cc(NC(=O)CNC(=O)c2cccc(S(=O)(=O)N(C)C)c2)no1. The highest BCUT2D eigenvalue weighted by Gasteiger charge is 2.19. The number of carbonyl (C=O) groups excluding carboxylic acids is 2. The quantitative estimate of drug-likeness (QED) is 0.772. The zero-order valence-corrected chi connectivity index (χ0v) is 14.8. The fourth-order valence-electron chi connectivity index (χ4n) is 1.88. The molecule has 0 saturated carbocycles. The minimum absolute atomic E-state index is 0.00678. The lowest BCUT2D eigenvalue weighted by atomic mass is 10.2. The molecular formula is C15H18N4O5S. The minimum Gasteiger partial charge on any atom is -0.360 e. The van der Waals surface area contributed by atoms with E-state index in [1.807, 2.05) is 0 Å². The Morgan fingerprint density at radius 3 is 2.56 bits per heavy atom. The molecule has 0 spiro atoms. The van der Waals surface area contributed by atoms with Crippen LogP contribution in [0.5, 0.6) is 0 Å². The Morgan fingerprint density at radius 2 is 1.96 bits per heavy atom. The summed E-state index contributed by atoms with van der Waals surface area (Å²) in [6.45, 7) is 1.38. The number of amides is 2. The number of nitrogens with one attached hydrogen (secondary N) is 2. The van der Waals surface area contributed by atoms with Gasteiger partial charge in [-0.15, -0.1) is 0 Å². The smallest absolute Gasteiger partial charge is 0.251 e. The molecule has 2 amide bonds. The van der Waals surface area contributed by atoms with Crippen molar-refractivity contribution in [3.63, 3.8) is 0 Å². The summed E-state index contributed by atoms with van der Waals surface area (Å²) in [6, 6.07) is 7.11. The van der Waals surface area contributed by atoms with Gasteiger partial charge in [0.25, 0.3) is 5.91 Å². The molecule has 0 aliphatic carbocycles. The van der Waals surface area contributed by atoms with Crippen LogP contribution in [0.1, 0.15) is 16.1 Å². The van der Waals surface area contributed by atoms with Crippen LogP contribution >= 0.6 is 0 Å². The molecule has 10 heteroatoms. The second-order valence-corrected chi connectivity index (χ2v) is 7.52. The minimum atomic E-state index is -3.65. The van der Waals surface area contributed by atoms with Gasteiger partial charge in [-0.1, -0.05) is 11.2 Å². The number of carbonyl (C=O) groups is 2. The Morgan fingerprint density at radius 1 is 1.24 bits per heavy atom. The Hall–Kier alpha value is -2.72. The van der Waals surface area contributed by atoms with Crippen molar-refractivity contribution >= 4 is 27.7 Å². The normalized spacial score (nSPS) is 11.4. The monoisotopic (exact) mass is 366 g/mol. The van der Waals surface area contributed by atoms with Crippen LogP contribution in [0.15, 0.2) is 39.8 Å². The molecule has 2 rings (SSSR count). The van der Waals surface area contributed by atoms with E-state index in [4.69, 9.17) is 4.52 Å². The van der Waals surface area contributed by atoms with Gasteiger partial charge in [-0.25, -0.2) is 12.7 Å². The molecule has 0 aliphatic rings. The first-order valence-electron chi connectivity index (χ1n) is 7.24. The van der Waals surface area contributed by atoms with Gasteiger partial charge in [-0.3, -0.25) is 9.59 Å². The lowest BCUT2D eigenvalue weighted by Crippen LogP contribution is -2.33. The zero-order valence-electron chi connectivity index (χ0n) is 13.9. The molecule has 1 aromatic carbocycles. The summed E-state index contributed by atoms with van der Waals surface area (Å²) in [5.41, 5.74) is 0.132. The van der Waals surface area contributed by atoms with E-state index in [9.17, 15) is 18.0 Å². The molecule has 0 atom stereocenters. The summed E-state index contributed by atoms with van der Waals surface area (Å²) in [5.74, 6) is -0.268. The van der Waals surface area contributed by atoms with Gasteiger partial charge in [0.2, 0.25) is 15.9 Å². The summed E-state index contributed by atoms with van der Waals surface area (Å²) >= 11 is 0. The average Bonchev–Trinajstić information content (AvgIpc) is 2.97. The van der Waals surface area contributed by atoms with E-state index in [-0.39, 0.29) is 22.8 Å². The molecule has 0 unspecified atom stereocenters. The second kappa shape index (κ2) is 7.45. The maximum atomic E-state index is 12.1. The van der Waals surface area contributed by atoms with E-state index in [1.165, 1.54) is 44.4 Å². The Balaban J connectivity index is 2.00. The van der Waals surface area contributed by atoms with Crippen molar-refractivity contribution < 1.29 is 22.5 Å². The lowest BCUT2D eigenvalue weighted by Gasteiger charge is -2.12. The molecule has 1 heterocycles. The maximum Gasteiger partial charge on any atom is 0.251 e. The van der Waals surface area contributed by atoms with Crippen LogP contribution in [-0.4, -0.2) is 50.3 Å². The zero-order chi connectivity index (χ0) is 18.6. The Kier molecular flexibility index (Phi) is 5.55. The van der Waals surface area contributed by atoms with Crippen molar-refractivity contribution in [3.05, 3.63) is 41.7 Å². The number of nitrogens with zero attached hydrogens (tertiary/aromatic N) is 2. The molecule has 0 radical (unpaired) electrons. The van der Waals surface area contributed by atoms with Gasteiger partial charge in [0.05, 0.1) is 11.4 Å². The van der Waals surface area contributed by atoms with Crippen LogP contribution in [-0.2, 0) is 14.8 Å². The van der Waals surface area contributed by atoms with E-state index in [0.717, 1.165) is 4.31 Å². The molecule has 0 bridgehead atoms. The van der Waals surface area contributed by atoms with Crippen molar-refractivity contribution in [1.82, 2.24) is 14.8 Å². The molecule has 0 saturated heterocycles. The van der Waals surface area contributed by atoms with Crippen molar-refractivity contribution in [2.45, 2.75) is 11.8 Å². The van der Waals surface area contributed by atoms with Gasteiger partial charge in [0.1, 0.15) is 5.76 Å². The van der Waals surface area contributed by atoms with Crippen LogP contribution in [0.25, 0.3) is 0 Å². The maximum absolute atomic E-state index is 12.1. The van der Waals surface area contributed by atoms with Crippen molar-refractivity contribution in [3.8, 4) is 0 Å². The molecular weight excluding hydrogens is 348 g/mol. The molecule has 0 aliphatic heterocycles. The van der Waals surface area contributed by atoms with E-state index in [1.54, 1.807) is 6.92 Å². The number of hydrogen-bond donors (Lipinski definition) is 2. The summed E-state index contributed by atoms with van der Waals surface area (Å²) in [4.78, 5) is 23.9. The molecule has 134 valence electrons. The highest BCUT2D eigenvalue weighted by Crippen LogP contribution is 2.14. The van der Waals surface area contributed by atoms with E-state index >= 15 is 0 Å².